The summed E-state index contributed by atoms with van der Waals surface area (Å²) in [6.07, 6.45) is 6.05. The first-order valence-electron chi connectivity index (χ1n) is 10.7. The Morgan fingerprint density at radius 3 is 2.48 bits per heavy atom. The SMILES string of the molecule is O=C(Cc1ccc(F)cc1)NCC1CN(C2CCN(C3CCC3)CC2)C(=O)CO1. The number of nitrogens with one attached hydrogen (secondary N) is 1. The Morgan fingerprint density at radius 2 is 1.83 bits per heavy atom. The zero-order chi connectivity index (χ0) is 20.2. The molecule has 1 aromatic carbocycles. The Morgan fingerprint density at radius 1 is 1.10 bits per heavy atom. The fourth-order valence-electron chi connectivity index (χ4n) is 4.51. The van der Waals surface area contributed by atoms with Crippen molar-refractivity contribution in [3.05, 3.63) is 35.6 Å². The van der Waals surface area contributed by atoms with Crippen LogP contribution < -0.4 is 5.32 Å². The van der Waals surface area contributed by atoms with E-state index in [1.54, 1.807) is 12.1 Å². The summed E-state index contributed by atoms with van der Waals surface area (Å²) in [5.74, 6) is -0.383. The predicted molar refractivity (Wildman–Crippen MR) is 107 cm³/mol. The van der Waals surface area contributed by atoms with Crippen LogP contribution in [-0.4, -0.2) is 72.6 Å². The molecule has 0 spiro atoms. The molecule has 2 saturated heterocycles. The van der Waals surface area contributed by atoms with Crippen molar-refractivity contribution in [1.82, 2.24) is 15.1 Å². The van der Waals surface area contributed by atoms with Crippen molar-refractivity contribution in [2.75, 3.05) is 32.8 Å². The number of piperidine rings is 1. The van der Waals surface area contributed by atoms with Gasteiger partial charge in [-0.1, -0.05) is 18.6 Å². The van der Waals surface area contributed by atoms with Gasteiger partial charge < -0.3 is 19.9 Å². The molecule has 158 valence electrons. The number of likely N-dealkylation sites (tertiary alicyclic amines) is 1. The van der Waals surface area contributed by atoms with Crippen LogP contribution in [0.4, 0.5) is 4.39 Å². The number of rotatable bonds is 6. The number of ether oxygens (including phenoxy) is 1. The first-order valence-corrected chi connectivity index (χ1v) is 10.7. The van der Waals surface area contributed by atoms with E-state index in [4.69, 9.17) is 4.74 Å². The highest BCUT2D eigenvalue weighted by Gasteiger charge is 2.35. The topological polar surface area (TPSA) is 61.9 Å². The molecule has 7 heteroatoms. The summed E-state index contributed by atoms with van der Waals surface area (Å²) in [7, 11) is 0. The zero-order valence-electron chi connectivity index (χ0n) is 16.8. The average molecular weight is 403 g/mol. The molecule has 1 saturated carbocycles. The Labute approximate surface area is 171 Å². The van der Waals surface area contributed by atoms with Crippen LogP contribution in [0, 0.1) is 5.82 Å². The first-order chi connectivity index (χ1) is 14.1. The Balaban J connectivity index is 1.22. The molecule has 1 aromatic rings. The quantitative estimate of drug-likeness (QED) is 0.786. The minimum Gasteiger partial charge on any atom is -0.365 e. The molecule has 2 aliphatic heterocycles. The summed E-state index contributed by atoms with van der Waals surface area (Å²) in [4.78, 5) is 29.1. The maximum Gasteiger partial charge on any atom is 0.248 e. The second kappa shape index (κ2) is 9.22. The minimum absolute atomic E-state index is 0.0565. The molecule has 0 radical (unpaired) electrons. The lowest BCUT2D eigenvalue weighted by Gasteiger charge is -2.45. The second-order valence-corrected chi connectivity index (χ2v) is 8.44. The van der Waals surface area contributed by atoms with E-state index in [0.29, 0.717) is 13.1 Å². The highest BCUT2D eigenvalue weighted by molar-refractivity contribution is 5.79. The minimum atomic E-state index is -0.312. The summed E-state index contributed by atoms with van der Waals surface area (Å²) >= 11 is 0. The number of amides is 2. The molecule has 1 aliphatic carbocycles. The standard InChI is InChI=1S/C22H30FN3O3/c23-17-6-4-16(5-7-17)12-21(27)24-13-20-14-26(22(28)15-29-20)19-8-10-25(11-9-19)18-2-1-3-18/h4-7,18-20H,1-3,8-15H2,(H,24,27). The van der Waals surface area contributed by atoms with Gasteiger partial charge in [0.05, 0.1) is 12.5 Å². The molecular weight excluding hydrogens is 373 g/mol. The van der Waals surface area contributed by atoms with Crippen molar-refractivity contribution in [1.29, 1.82) is 0 Å². The van der Waals surface area contributed by atoms with E-state index in [1.165, 1.54) is 31.4 Å². The third-order valence-electron chi connectivity index (χ3n) is 6.50. The number of morpholine rings is 1. The number of carbonyl (C=O) groups excluding carboxylic acids is 2. The van der Waals surface area contributed by atoms with Gasteiger partial charge in [0.1, 0.15) is 12.4 Å². The van der Waals surface area contributed by atoms with Crippen LogP contribution in [0.2, 0.25) is 0 Å². The molecule has 1 atom stereocenters. The van der Waals surface area contributed by atoms with Crippen LogP contribution >= 0.6 is 0 Å². The van der Waals surface area contributed by atoms with E-state index in [-0.39, 0.29) is 42.8 Å². The lowest BCUT2D eigenvalue weighted by molar-refractivity contribution is -0.153. The van der Waals surface area contributed by atoms with Crippen molar-refractivity contribution in [2.24, 2.45) is 0 Å². The van der Waals surface area contributed by atoms with Gasteiger partial charge in [-0.3, -0.25) is 9.59 Å². The third kappa shape index (κ3) is 5.14. The smallest absolute Gasteiger partial charge is 0.248 e. The average Bonchev–Trinajstić information content (AvgIpc) is 2.68. The number of hydrogen-bond acceptors (Lipinski definition) is 4. The Hall–Kier alpha value is -1.99. The zero-order valence-corrected chi connectivity index (χ0v) is 16.8. The van der Waals surface area contributed by atoms with E-state index in [1.807, 2.05) is 4.90 Å². The van der Waals surface area contributed by atoms with E-state index >= 15 is 0 Å². The van der Waals surface area contributed by atoms with Crippen LogP contribution in [0.1, 0.15) is 37.7 Å². The van der Waals surface area contributed by atoms with Gasteiger partial charge in [-0.2, -0.15) is 0 Å². The molecule has 0 aromatic heterocycles. The van der Waals surface area contributed by atoms with Crippen molar-refractivity contribution >= 4 is 11.8 Å². The van der Waals surface area contributed by atoms with Crippen molar-refractivity contribution in [3.63, 3.8) is 0 Å². The lowest BCUT2D eigenvalue weighted by Crippen LogP contribution is -2.57. The number of benzene rings is 1. The van der Waals surface area contributed by atoms with Crippen LogP contribution in [-0.2, 0) is 20.7 Å². The summed E-state index contributed by atoms with van der Waals surface area (Å²) < 4.78 is 18.6. The van der Waals surface area contributed by atoms with E-state index in [2.05, 4.69) is 10.2 Å². The van der Waals surface area contributed by atoms with Crippen LogP contribution in [0.15, 0.2) is 24.3 Å². The molecule has 1 N–H and O–H groups in total. The summed E-state index contributed by atoms with van der Waals surface area (Å²) in [6, 6.07) is 6.98. The maximum atomic E-state index is 13.0. The van der Waals surface area contributed by atoms with Crippen LogP contribution in [0.5, 0.6) is 0 Å². The lowest BCUT2D eigenvalue weighted by atomic mass is 9.89. The largest absolute Gasteiger partial charge is 0.365 e. The van der Waals surface area contributed by atoms with E-state index in [0.717, 1.165) is 37.5 Å². The molecule has 3 fully saturated rings. The van der Waals surface area contributed by atoms with Gasteiger partial charge in [0.25, 0.3) is 0 Å². The summed E-state index contributed by atoms with van der Waals surface area (Å²) in [5.41, 5.74) is 0.767. The number of hydrogen-bond donors (Lipinski definition) is 1. The molecule has 29 heavy (non-hydrogen) atoms. The summed E-state index contributed by atoms with van der Waals surface area (Å²) in [5, 5.41) is 2.89. The first kappa shape index (κ1) is 20.3. The van der Waals surface area contributed by atoms with E-state index in [9.17, 15) is 14.0 Å². The molecule has 1 unspecified atom stereocenters. The van der Waals surface area contributed by atoms with Gasteiger partial charge in [-0.15, -0.1) is 0 Å². The molecule has 6 nitrogen and oxygen atoms in total. The second-order valence-electron chi connectivity index (χ2n) is 8.44. The van der Waals surface area contributed by atoms with Gasteiger partial charge in [-0.05, 0) is 43.4 Å². The molecular formula is C22H30FN3O3. The predicted octanol–water partition coefficient (Wildman–Crippen LogP) is 1.73. The van der Waals surface area contributed by atoms with Crippen LogP contribution in [0.3, 0.4) is 0 Å². The van der Waals surface area contributed by atoms with Gasteiger partial charge >= 0.3 is 0 Å². The number of halogens is 1. The van der Waals surface area contributed by atoms with Gasteiger partial charge in [0.15, 0.2) is 0 Å². The van der Waals surface area contributed by atoms with E-state index < -0.39 is 0 Å². The highest BCUT2D eigenvalue weighted by Crippen LogP contribution is 2.29. The van der Waals surface area contributed by atoms with Gasteiger partial charge in [0, 0.05) is 38.3 Å². The number of nitrogens with zero attached hydrogens (tertiary/aromatic N) is 2. The number of carbonyl (C=O) groups is 2. The van der Waals surface area contributed by atoms with Gasteiger partial charge in [0.2, 0.25) is 11.8 Å². The molecule has 0 bridgehead atoms. The van der Waals surface area contributed by atoms with Crippen LogP contribution in [0.25, 0.3) is 0 Å². The van der Waals surface area contributed by atoms with Crippen molar-refractivity contribution in [3.8, 4) is 0 Å². The monoisotopic (exact) mass is 403 g/mol. The molecule has 2 heterocycles. The molecule has 3 aliphatic rings. The van der Waals surface area contributed by atoms with Gasteiger partial charge in [-0.25, -0.2) is 4.39 Å². The van der Waals surface area contributed by atoms with Crippen molar-refractivity contribution < 1.29 is 18.7 Å². The Kier molecular flexibility index (Phi) is 6.45. The Bertz CT molecular complexity index is 715. The highest BCUT2D eigenvalue weighted by atomic mass is 19.1. The fraction of sp³-hybridized carbons (Fsp3) is 0.636. The third-order valence-corrected chi connectivity index (χ3v) is 6.50. The normalized spacial score (nSPS) is 24.4. The molecule has 2 amide bonds. The summed E-state index contributed by atoms with van der Waals surface area (Å²) in [6.45, 7) is 3.13. The fourth-order valence-corrected chi connectivity index (χ4v) is 4.51. The maximum absolute atomic E-state index is 13.0. The van der Waals surface area contributed by atoms with Crippen molar-refractivity contribution in [2.45, 2.75) is 56.7 Å². The molecule has 4 rings (SSSR count).